The Kier molecular flexibility index (Phi) is 6.38. The zero-order chi connectivity index (χ0) is 22.8. The van der Waals surface area contributed by atoms with Crippen LogP contribution < -0.4 is 14.4 Å². The summed E-state index contributed by atoms with van der Waals surface area (Å²) in [5, 5.41) is 0. The van der Waals surface area contributed by atoms with Gasteiger partial charge in [0.2, 0.25) is 0 Å². The summed E-state index contributed by atoms with van der Waals surface area (Å²) >= 11 is 0. The first kappa shape index (κ1) is 22.3. The maximum atomic E-state index is 13.0. The minimum atomic E-state index is -4.30. The van der Waals surface area contributed by atoms with Gasteiger partial charge in [-0.05, 0) is 56.3 Å². The summed E-state index contributed by atoms with van der Waals surface area (Å²) in [4.78, 5) is 7.04. The highest BCUT2D eigenvalue weighted by Gasteiger charge is 2.32. The molecular weight excluding hydrogens is 431 g/mol. The first-order valence-electron chi connectivity index (χ1n) is 11.7. The number of para-hydroxylation sites is 2. The third kappa shape index (κ3) is 5.22. The third-order valence-corrected chi connectivity index (χ3v) is 6.96. The van der Waals surface area contributed by atoms with Gasteiger partial charge in [-0.3, -0.25) is 9.80 Å². The van der Waals surface area contributed by atoms with E-state index in [0.717, 1.165) is 76.2 Å². The molecule has 5 rings (SSSR count). The Morgan fingerprint density at radius 3 is 2.30 bits per heavy atom. The molecule has 0 amide bonds. The van der Waals surface area contributed by atoms with Crippen LogP contribution in [0.2, 0.25) is 0 Å². The number of nitrogens with zero attached hydrogens (tertiary/aromatic N) is 3. The number of benzene rings is 2. The first-order chi connectivity index (χ1) is 16.0. The molecule has 0 spiro atoms. The Morgan fingerprint density at radius 1 is 0.848 bits per heavy atom. The van der Waals surface area contributed by atoms with E-state index in [1.165, 1.54) is 12.1 Å². The fourth-order valence-electron chi connectivity index (χ4n) is 5.13. The highest BCUT2D eigenvalue weighted by atomic mass is 19.4. The van der Waals surface area contributed by atoms with E-state index in [1.54, 1.807) is 6.07 Å². The molecule has 178 valence electrons. The number of anilines is 1. The summed E-state index contributed by atoms with van der Waals surface area (Å²) in [6, 6.07) is 14.0. The molecule has 33 heavy (non-hydrogen) atoms. The van der Waals surface area contributed by atoms with E-state index in [4.69, 9.17) is 9.47 Å². The second kappa shape index (κ2) is 9.43. The van der Waals surface area contributed by atoms with E-state index in [0.29, 0.717) is 18.3 Å². The number of fused-ring (bicyclic) bond motifs is 1. The van der Waals surface area contributed by atoms with Crippen molar-refractivity contribution in [1.82, 2.24) is 9.80 Å². The molecule has 2 aromatic rings. The van der Waals surface area contributed by atoms with E-state index >= 15 is 0 Å². The van der Waals surface area contributed by atoms with Gasteiger partial charge in [0.25, 0.3) is 0 Å². The average Bonchev–Trinajstić information content (AvgIpc) is 2.84. The molecule has 2 saturated heterocycles. The van der Waals surface area contributed by atoms with Gasteiger partial charge >= 0.3 is 6.18 Å². The summed E-state index contributed by atoms with van der Waals surface area (Å²) in [6.45, 7) is 6.79. The molecular formula is C25H30F3N3O2. The van der Waals surface area contributed by atoms with Gasteiger partial charge in [-0.2, -0.15) is 13.2 Å². The molecule has 0 aliphatic carbocycles. The lowest BCUT2D eigenvalue weighted by molar-refractivity contribution is -0.137. The Labute approximate surface area is 192 Å². The van der Waals surface area contributed by atoms with Crippen LogP contribution >= 0.6 is 0 Å². The van der Waals surface area contributed by atoms with Crippen molar-refractivity contribution in [1.29, 1.82) is 0 Å². The number of rotatable bonds is 4. The summed E-state index contributed by atoms with van der Waals surface area (Å²) in [5.41, 5.74) is 0.0844. The van der Waals surface area contributed by atoms with Crippen LogP contribution in [0.4, 0.5) is 18.9 Å². The fraction of sp³-hybridized carbons (Fsp3) is 0.520. The van der Waals surface area contributed by atoms with Crippen LogP contribution in [0.5, 0.6) is 11.5 Å². The smallest absolute Gasteiger partial charge is 0.416 e. The molecule has 0 aromatic heterocycles. The van der Waals surface area contributed by atoms with E-state index in [1.807, 2.05) is 24.3 Å². The van der Waals surface area contributed by atoms with Crippen LogP contribution in [0.1, 0.15) is 18.4 Å². The summed E-state index contributed by atoms with van der Waals surface area (Å²) in [7, 11) is 0. The highest BCUT2D eigenvalue weighted by molar-refractivity contribution is 5.49. The summed E-state index contributed by atoms with van der Waals surface area (Å²) in [6.07, 6.45) is -2.04. The maximum absolute atomic E-state index is 13.0. The predicted molar refractivity (Wildman–Crippen MR) is 121 cm³/mol. The van der Waals surface area contributed by atoms with Crippen LogP contribution in [0, 0.1) is 0 Å². The lowest BCUT2D eigenvalue weighted by Gasteiger charge is -2.44. The number of likely N-dealkylation sites (tertiary alicyclic amines) is 1. The molecule has 3 heterocycles. The van der Waals surface area contributed by atoms with E-state index in [-0.39, 0.29) is 6.10 Å². The summed E-state index contributed by atoms with van der Waals surface area (Å²) < 4.78 is 51.1. The van der Waals surface area contributed by atoms with Crippen molar-refractivity contribution < 1.29 is 22.6 Å². The topological polar surface area (TPSA) is 28.2 Å². The SMILES string of the molecule is FC(F)(F)c1cccc(N2CCN(C3CCN(C[C@@H]4COc5ccccc5O4)CC3)CC2)c1. The van der Waals surface area contributed by atoms with Gasteiger partial charge in [0.05, 0.1) is 5.56 Å². The molecule has 0 unspecified atom stereocenters. The monoisotopic (exact) mass is 461 g/mol. The van der Waals surface area contributed by atoms with Crippen LogP contribution in [0.3, 0.4) is 0 Å². The maximum Gasteiger partial charge on any atom is 0.416 e. The van der Waals surface area contributed by atoms with Crippen LogP contribution in [-0.4, -0.2) is 74.4 Å². The normalized spacial score (nSPS) is 23.0. The number of piperidine rings is 1. The van der Waals surface area contributed by atoms with Crippen molar-refractivity contribution in [3.8, 4) is 11.5 Å². The molecule has 2 aromatic carbocycles. The van der Waals surface area contributed by atoms with Gasteiger partial charge < -0.3 is 14.4 Å². The van der Waals surface area contributed by atoms with Crippen molar-refractivity contribution >= 4 is 5.69 Å². The van der Waals surface area contributed by atoms with Gasteiger partial charge in [0, 0.05) is 44.5 Å². The highest BCUT2D eigenvalue weighted by Crippen LogP contribution is 2.33. The fourth-order valence-corrected chi connectivity index (χ4v) is 5.13. The Hall–Kier alpha value is -2.45. The summed E-state index contributed by atoms with van der Waals surface area (Å²) in [5.74, 6) is 1.64. The van der Waals surface area contributed by atoms with E-state index in [2.05, 4.69) is 14.7 Å². The van der Waals surface area contributed by atoms with Crippen LogP contribution in [0.25, 0.3) is 0 Å². The third-order valence-electron chi connectivity index (χ3n) is 6.96. The second-order valence-corrected chi connectivity index (χ2v) is 9.10. The van der Waals surface area contributed by atoms with E-state index in [9.17, 15) is 13.2 Å². The number of hydrogen-bond acceptors (Lipinski definition) is 5. The van der Waals surface area contributed by atoms with Gasteiger partial charge in [-0.15, -0.1) is 0 Å². The Bertz CT molecular complexity index is 938. The Morgan fingerprint density at radius 2 is 1.58 bits per heavy atom. The van der Waals surface area contributed by atoms with Crippen LogP contribution in [-0.2, 0) is 6.18 Å². The largest absolute Gasteiger partial charge is 0.486 e. The van der Waals surface area contributed by atoms with Gasteiger partial charge in [-0.25, -0.2) is 0 Å². The second-order valence-electron chi connectivity index (χ2n) is 9.10. The predicted octanol–water partition coefficient (Wildman–Crippen LogP) is 4.13. The minimum absolute atomic E-state index is 0.0486. The van der Waals surface area contributed by atoms with Crippen molar-refractivity contribution in [3.63, 3.8) is 0 Å². The quantitative estimate of drug-likeness (QED) is 0.683. The molecule has 0 saturated carbocycles. The zero-order valence-electron chi connectivity index (χ0n) is 18.6. The lowest BCUT2D eigenvalue weighted by Crippen LogP contribution is -2.54. The van der Waals surface area contributed by atoms with Crippen molar-refractivity contribution in [2.75, 3.05) is 57.3 Å². The molecule has 3 aliphatic heterocycles. The number of piperazine rings is 1. The van der Waals surface area contributed by atoms with Crippen molar-refractivity contribution in [3.05, 3.63) is 54.1 Å². The first-order valence-corrected chi connectivity index (χ1v) is 11.7. The lowest BCUT2D eigenvalue weighted by atomic mass is 10.0. The van der Waals surface area contributed by atoms with Crippen LogP contribution in [0.15, 0.2) is 48.5 Å². The molecule has 8 heteroatoms. The molecule has 3 aliphatic rings. The van der Waals surface area contributed by atoms with Gasteiger partial charge in [-0.1, -0.05) is 18.2 Å². The molecule has 5 nitrogen and oxygen atoms in total. The molecule has 0 N–H and O–H groups in total. The van der Waals surface area contributed by atoms with Crippen molar-refractivity contribution in [2.45, 2.75) is 31.2 Å². The van der Waals surface area contributed by atoms with Crippen molar-refractivity contribution in [2.24, 2.45) is 0 Å². The van der Waals surface area contributed by atoms with Gasteiger partial charge in [0.15, 0.2) is 11.5 Å². The number of hydrogen-bond donors (Lipinski definition) is 0. The molecule has 0 bridgehead atoms. The minimum Gasteiger partial charge on any atom is -0.486 e. The average molecular weight is 462 g/mol. The standard InChI is InChI=1S/C25H30F3N3O2/c26-25(27,28)19-4-3-5-21(16-19)31-14-12-30(13-15-31)20-8-10-29(11-9-20)17-22-18-32-23-6-1-2-7-24(23)33-22/h1-7,16,20,22H,8-15,17-18H2/t22-/m1/s1. The molecule has 1 atom stereocenters. The molecule has 0 radical (unpaired) electrons. The number of alkyl halides is 3. The number of ether oxygens (including phenoxy) is 2. The molecule has 2 fully saturated rings. The van der Waals surface area contributed by atoms with E-state index < -0.39 is 11.7 Å². The van der Waals surface area contributed by atoms with Gasteiger partial charge in [0.1, 0.15) is 12.7 Å². The number of halogens is 3. The zero-order valence-corrected chi connectivity index (χ0v) is 18.6. The Balaban J connectivity index is 1.08.